The fraction of sp³-hybridized carbons (Fsp3) is 0.750. The van der Waals surface area contributed by atoms with Gasteiger partial charge in [0, 0.05) is 56.7 Å². The van der Waals surface area contributed by atoms with Crippen molar-refractivity contribution in [3.05, 3.63) is 17.3 Å². The molecule has 1 aromatic heterocycles. The predicted molar refractivity (Wildman–Crippen MR) is 91.6 cm³/mol. The van der Waals surface area contributed by atoms with Crippen LogP contribution in [0.1, 0.15) is 23.8 Å². The molecule has 0 bridgehead atoms. The number of nitrogens with one attached hydrogen (secondary N) is 1. The first-order valence-corrected chi connectivity index (χ1v) is 9.51. The first-order valence-electron chi connectivity index (χ1n) is 8.36. The van der Waals surface area contributed by atoms with Crippen molar-refractivity contribution in [2.24, 2.45) is 0 Å². The van der Waals surface area contributed by atoms with Crippen LogP contribution in [0.4, 0.5) is 0 Å². The lowest BCUT2D eigenvalue weighted by atomic mass is 10.2. The molecule has 2 saturated heterocycles. The fourth-order valence-electron chi connectivity index (χ4n) is 3.04. The summed E-state index contributed by atoms with van der Waals surface area (Å²) in [6.07, 6.45) is 0.630. The summed E-state index contributed by atoms with van der Waals surface area (Å²) in [6, 6.07) is 0.345. The molecule has 1 aromatic rings. The number of carbonyl (C=O) groups excluding carboxylic acids is 1. The van der Waals surface area contributed by atoms with Crippen molar-refractivity contribution >= 4 is 17.7 Å². The summed E-state index contributed by atoms with van der Waals surface area (Å²) in [6.45, 7) is 9.05. The standard InChI is InChI=1S/C16H26N4O2S/c1-12-13(2)22-15(18-12)10-19-4-6-20(7-5-19)16(21)9-14-11-23-8-3-17-14/h14,17H,3-11H2,1-2H3. The molecule has 0 radical (unpaired) electrons. The van der Waals surface area contributed by atoms with E-state index in [1.54, 1.807) is 0 Å². The maximum Gasteiger partial charge on any atom is 0.224 e. The average molecular weight is 338 g/mol. The van der Waals surface area contributed by atoms with Crippen LogP contribution >= 0.6 is 11.8 Å². The Labute approximate surface area is 142 Å². The number of piperazine rings is 1. The van der Waals surface area contributed by atoms with Crippen molar-refractivity contribution < 1.29 is 9.21 Å². The average Bonchev–Trinajstić information content (AvgIpc) is 2.87. The largest absolute Gasteiger partial charge is 0.444 e. The van der Waals surface area contributed by atoms with Gasteiger partial charge in [0.25, 0.3) is 0 Å². The van der Waals surface area contributed by atoms with Crippen LogP contribution in [0.3, 0.4) is 0 Å². The molecule has 0 aromatic carbocycles. The topological polar surface area (TPSA) is 61.6 Å². The molecule has 1 unspecified atom stereocenters. The smallest absolute Gasteiger partial charge is 0.224 e. The molecular formula is C16H26N4O2S. The summed E-state index contributed by atoms with van der Waals surface area (Å²) in [7, 11) is 0. The van der Waals surface area contributed by atoms with E-state index in [1.807, 2.05) is 30.5 Å². The normalized spacial score (nSPS) is 23.2. The van der Waals surface area contributed by atoms with Crippen molar-refractivity contribution in [1.29, 1.82) is 0 Å². The summed E-state index contributed by atoms with van der Waals surface area (Å²) >= 11 is 1.94. The van der Waals surface area contributed by atoms with Gasteiger partial charge in [0.15, 0.2) is 0 Å². The Morgan fingerprint density at radius 3 is 2.74 bits per heavy atom. The maximum atomic E-state index is 12.4. The molecule has 0 aliphatic carbocycles. The number of carbonyl (C=O) groups is 1. The van der Waals surface area contributed by atoms with Crippen LogP contribution in [-0.4, -0.2) is 71.0 Å². The zero-order valence-electron chi connectivity index (χ0n) is 14.0. The molecule has 0 spiro atoms. The van der Waals surface area contributed by atoms with Gasteiger partial charge in [-0.1, -0.05) is 0 Å². The lowest BCUT2D eigenvalue weighted by Crippen LogP contribution is -2.50. The van der Waals surface area contributed by atoms with Gasteiger partial charge in [-0.25, -0.2) is 4.98 Å². The third kappa shape index (κ3) is 4.49. The minimum atomic E-state index is 0.285. The second-order valence-electron chi connectivity index (χ2n) is 6.34. The lowest BCUT2D eigenvalue weighted by molar-refractivity contribution is -0.133. The van der Waals surface area contributed by atoms with E-state index < -0.39 is 0 Å². The van der Waals surface area contributed by atoms with Gasteiger partial charge >= 0.3 is 0 Å². The molecule has 6 nitrogen and oxygen atoms in total. The fourth-order valence-corrected chi connectivity index (χ4v) is 3.99. The van der Waals surface area contributed by atoms with Gasteiger partial charge in [0.2, 0.25) is 11.8 Å². The van der Waals surface area contributed by atoms with Crippen molar-refractivity contribution in [3.63, 3.8) is 0 Å². The lowest BCUT2D eigenvalue weighted by Gasteiger charge is -2.35. The van der Waals surface area contributed by atoms with E-state index in [0.29, 0.717) is 12.5 Å². The van der Waals surface area contributed by atoms with Crippen LogP contribution in [0.5, 0.6) is 0 Å². The summed E-state index contributed by atoms with van der Waals surface area (Å²) in [5.41, 5.74) is 0.965. The molecule has 23 heavy (non-hydrogen) atoms. The van der Waals surface area contributed by atoms with Gasteiger partial charge in [0.1, 0.15) is 5.76 Å². The Morgan fingerprint density at radius 1 is 1.35 bits per heavy atom. The van der Waals surface area contributed by atoms with Crippen LogP contribution in [0.15, 0.2) is 4.42 Å². The Hall–Kier alpha value is -1.05. The third-order valence-corrected chi connectivity index (χ3v) is 5.71. The number of thioether (sulfide) groups is 1. The second-order valence-corrected chi connectivity index (χ2v) is 7.49. The SMILES string of the molecule is Cc1nc(CN2CCN(C(=O)CC3CSCCN3)CC2)oc1C. The molecule has 128 valence electrons. The Morgan fingerprint density at radius 2 is 2.13 bits per heavy atom. The van der Waals surface area contributed by atoms with E-state index in [-0.39, 0.29) is 5.91 Å². The van der Waals surface area contributed by atoms with Gasteiger partial charge in [-0.3, -0.25) is 9.69 Å². The zero-order chi connectivity index (χ0) is 16.2. The summed E-state index contributed by atoms with van der Waals surface area (Å²) < 4.78 is 5.65. The number of oxazole rings is 1. The zero-order valence-corrected chi connectivity index (χ0v) is 14.8. The molecule has 1 amide bonds. The van der Waals surface area contributed by atoms with Gasteiger partial charge in [0.05, 0.1) is 12.2 Å². The molecule has 2 fully saturated rings. The minimum Gasteiger partial charge on any atom is -0.444 e. The van der Waals surface area contributed by atoms with E-state index in [9.17, 15) is 4.79 Å². The molecule has 1 atom stereocenters. The highest BCUT2D eigenvalue weighted by Crippen LogP contribution is 2.15. The second kappa shape index (κ2) is 7.68. The van der Waals surface area contributed by atoms with Crippen molar-refractivity contribution in [1.82, 2.24) is 20.1 Å². The third-order valence-electron chi connectivity index (χ3n) is 4.58. The van der Waals surface area contributed by atoms with Gasteiger partial charge < -0.3 is 14.6 Å². The summed E-state index contributed by atoms with van der Waals surface area (Å²) in [4.78, 5) is 21.2. The molecule has 2 aliphatic heterocycles. The highest BCUT2D eigenvalue weighted by atomic mass is 32.2. The highest BCUT2D eigenvalue weighted by molar-refractivity contribution is 7.99. The first kappa shape index (κ1) is 16.8. The molecule has 7 heteroatoms. The van der Waals surface area contributed by atoms with Crippen molar-refractivity contribution in [3.8, 4) is 0 Å². The Kier molecular flexibility index (Phi) is 5.61. The molecule has 2 aliphatic rings. The molecule has 3 heterocycles. The Balaban J connectivity index is 1.43. The van der Waals surface area contributed by atoms with E-state index in [4.69, 9.17) is 4.42 Å². The monoisotopic (exact) mass is 338 g/mol. The summed E-state index contributed by atoms with van der Waals surface area (Å²) in [5.74, 6) is 4.17. The highest BCUT2D eigenvalue weighted by Gasteiger charge is 2.25. The van der Waals surface area contributed by atoms with Crippen LogP contribution in [0.2, 0.25) is 0 Å². The van der Waals surface area contributed by atoms with Crippen molar-refractivity contribution in [2.45, 2.75) is 32.9 Å². The number of nitrogens with zero attached hydrogens (tertiary/aromatic N) is 3. The van der Waals surface area contributed by atoms with Gasteiger partial charge in [-0.15, -0.1) is 0 Å². The molecule has 3 rings (SSSR count). The number of aryl methyl sites for hydroxylation is 2. The minimum absolute atomic E-state index is 0.285. The number of hydrogen-bond donors (Lipinski definition) is 1. The van der Waals surface area contributed by atoms with Crippen LogP contribution in [0.25, 0.3) is 0 Å². The Bertz CT molecular complexity index is 515. The van der Waals surface area contributed by atoms with E-state index in [0.717, 1.165) is 68.1 Å². The quantitative estimate of drug-likeness (QED) is 0.885. The molecular weight excluding hydrogens is 312 g/mol. The van der Waals surface area contributed by atoms with Crippen molar-refractivity contribution in [2.75, 3.05) is 44.2 Å². The van der Waals surface area contributed by atoms with Crippen LogP contribution in [-0.2, 0) is 11.3 Å². The van der Waals surface area contributed by atoms with Crippen LogP contribution < -0.4 is 5.32 Å². The number of amides is 1. The first-order chi connectivity index (χ1) is 11.1. The van der Waals surface area contributed by atoms with E-state index in [1.165, 1.54) is 0 Å². The van der Waals surface area contributed by atoms with E-state index >= 15 is 0 Å². The van der Waals surface area contributed by atoms with Crippen LogP contribution in [0, 0.1) is 13.8 Å². The molecule has 0 saturated carbocycles. The van der Waals surface area contributed by atoms with Gasteiger partial charge in [-0.05, 0) is 13.8 Å². The molecule has 1 N–H and O–H groups in total. The van der Waals surface area contributed by atoms with Gasteiger partial charge in [-0.2, -0.15) is 11.8 Å². The summed E-state index contributed by atoms with van der Waals surface area (Å²) in [5, 5.41) is 3.44. The predicted octanol–water partition coefficient (Wildman–Crippen LogP) is 1.03. The van der Waals surface area contributed by atoms with E-state index in [2.05, 4.69) is 15.2 Å². The maximum absolute atomic E-state index is 12.4. The number of rotatable bonds is 4. The number of hydrogen-bond acceptors (Lipinski definition) is 6. The number of aromatic nitrogens is 1.